The molecule has 1 saturated heterocycles. The molecule has 0 aliphatic carbocycles. The third-order valence-electron chi connectivity index (χ3n) is 2.65. The Labute approximate surface area is 88.9 Å². The number of rotatable bonds is 4. The molecule has 0 aromatic rings. The van der Waals surface area contributed by atoms with Crippen molar-refractivity contribution >= 4 is 11.9 Å². The molecule has 0 aromatic carbocycles. The van der Waals surface area contributed by atoms with Gasteiger partial charge in [0.25, 0.3) is 0 Å². The molecule has 4 nitrogen and oxygen atoms in total. The standard InChI is InChI=1S/C11H16O4/c1-3-4-8-5-6-9(11(14)15-8)7(2)10(12)13/h8-9H,2-6H2,1H3,(H,12,13)/t8-,9-/m0/s1. The van der Waals surface area contributed by atoms with Gasteiger partial charge in [-0.2, -0.15) is 0 Å². The number of ether oxygens (including phenoxy) is 1. The molecule has 1 N–H and O–H groups in total. The molecule has 1 fully saturated rings. The molecular weight excluding hydrogens is 196 g/mol. The number of aliphatic carboxylic acids is 1. The largest absolute Gasteiger partial charge is 0.478 e. The normalized spacial score (nSPS) is 25.8. The minimum Gasteiger partial charge on any atom is -0.478 e. The summed E-state index contributed by atoms with van der Waals surface area (Å²) in [6, 6.07) is 0. The third kappa shape index (κ3) is 2.81. The van der Waals surface area contributed by atoms with E-state index in [1.807, 2.05) is 6.92 Å². The predicted molar refractivity (Wildman–Crippen MR) is 54.3 cm³/mol. The fourth-order valence-corrected chi connectivity index (χ4v) is 1.77. The molecule has 0 amide bonds. The molecule has 15 heavy (non-hydrogen) atoms. The number of esters is 1. The van der Waals surface area contributed by atoms with Crippen molar-refractivity contribution in [2.75, 3.05) is 0 Å². The molecule has 0 unspecified atom stereocenters. The zero-order valence-corrected chi connectivity index (χ0v) is 8.86. The van der Waals surface area contributed by atoms with Gasteiger partial charge < -0.3 is 9.84 Å². The maximum absolute atomic E-state index is 11.5. The Bertz CT molecular complexity index is 282. The van der Waals surface area contributed by atoms with Crippen molar-refractivity contribution in [2.24, 2.45) is 5.92 Å². The van der Waals surface area contributed by atoms with Gasteiger partial charge in [0, 0.05) is 5.57 Å². The Morgan fingerprint density at radius 2 is 2.27 bits per heavy atom. The molecule has 0 spiro atoms. The number of carboxylic acids is 1. The molecule has 4 heteroatoms. The van der Waals surface area contributed by atoms with Crippen LogP contribution in [0.3, 0.4) is 0 Å². The van der Waals surface area contributed by atoms with Crippen LogP contribution in [0.4, 0.5) is 0 Å². The van der Waals surface area contributed by atoms with Crippen LogP contribution in [0.1, 0.15) is 32.6 Å². The topological polar surface area (TPSA) is 63.6 Å². The Morgan fingerprint density at radius 1 is 1.60 bits per heavy atom. The van der Waals surface area contributed by atoms with Gasteiger partial charge in [0.05, 0.1) is 5.92 Å². The fraction of sp³-hybridized carbons (Fsp3) is 0.636. The molecule has 1 aliphatic rings. The van der Waals surface area contributed by atoms with Crippen molar-refractivity contribution in [3.8, 4) is 0 Å². The minimum absolute atomic E-state index is 0.0413. The minimum atomic E-state index is -1.12. The highest BCUT2D eigenvalue weighted by Crippen LogP contribution is 2.27. The van der Waals surface area contributed by atoms with Gasteiger partial charge in [-0.15, -0.1) is 0 Å². The summed E-state index contributed by atoms with van der Waals surface area (Å²) in [5.41, 5.74) is -0.0602. The van der Waals surface area contributed by atoms with E-state index in [1.165, 1.54) is 0 Å². The molecule has 0 saturated carbocycles. The summed E-state index contributed by atoms with van der Waals surface area (Å²) in [6.07, 6.45) is 3.03. The van der Waals surface area contributed by atoms with E-state index in [0.29, 0.717) is 6.42 Å². The maximum Gasteiger partial charge on any atom is 0.331 e. The van der Waals surface area contributed by atoms with Gasteiger partial charge in [0.2, 0.25) is 0 Å². The maximum atomic E-state index is 11.5. The number of hydrogen-bond acceptors (Lipinski definition) is 3. The van der Waals surface area contributed by atoms with Crippen molar-refractivity contribution in [1.29, 1.82) is 0 Å². The van der Waals surface area contributed by atoms with E-state index in [-0.39, 0.29) is 11.7 Å². The van der Waals surface area contributed by atoms with Gasteiger partial charge in [-0.1, -0.05) is 19.9 Å². The first-order valence-electron chi connectivity index (χ1n) is 5.18. The highest BCUT2D eigenvalue weighted by Gasteiger charge is 2.33. The Balaban J connectivity index is 2.56. The Kier molecular flexibility index (Phi) is 3.88. The van der Waals surface area contributed by atoms with Gasteiger partial charge >= 0.3 is 11.9 Å². The summed E-state index contributed by atoms with van der Waals surface area (Å²) in [6.45, 7) is 5.42. The van der Waals surface area contributed by atoms with E-state index in [1.54, 1.807) is 0 Å². The predicted octanol–water partition coefficient (Wildman–Crippen LogP) is 1.75. The summed E-state index contributed by atoms with van der Waals surface area (Å²) in [7, 11) is 0. The van der Waals surface area contributed by atoms with Gasteiger partial charge in [0.1, 0.15) is 6.10 Å². The molecule has 0 aromatic heterocycles. The van der Waals surface area contributed by atoms with Crippen LogP contribution in [0.2, 0.25) is 0 Å². The number of cyclic esters (lactones) is 1. The van der Waals surface area contributed by atoms with Gasteiger partial charge in [-0.25, -0.2) is 4.79 Å². The second-order valence-corrected chi connectivity index (χ2v) is 3.81. The number of carbonyl (C=O) groups excluding carboxylic acids is 1. The summed E-state index contributed by atoms with van der Waals surface area (Å²) in [5, 5.41) is 8.71. The van der Waals surface area contributed by atoms with Crippen molar-refractivity contribution in [1.82, 2.24) is 0 Å². The van der Waals surface area contributed by atoms with Crippen LogP contribution in [0.25, 0.3) is 0 Å². The van der Waals surface area contributed by atoms with Crippen molar-refractivity contribution < 1.29 is 19.4 Å². The van der Waals surface area contributed by atoms with E-state index in [9.17, 15) is 9.59 Å². The van der Waals surface area contributed by atoms with E-state index < -0.39 is 17.9 Å². The zero-order valence-electron chi connectivity index (χ0n) is 8.86. The number of carbonyl (C=O) groups is 2. The molecule has 1 aliphatic heterocycles. The van der Waals surface area contributed by atoms with E-state index in [0.717, 1.165) is 19.3 Å². The Hall–Kier alpha value is -1.32. The van der Waals surface area contributed by atoms with Crippen LogP contribution in [-0.4, -0.2) is 23.1 Å². The van der Waals surface area contributed by atoms with Crippen LogP contribution in [0.5, 0.6) is 0 Å². The quantitative estimate of drug-likeness (QED) is 0.569. The molecule has 0 radical (unpaired) electrons. The summed E-state index contributed by atoms with van der Waals surface area (Å²) in [5.74, 6) is -2.21. The lowest BCUT2D eigenvalue weighted by Crippen LogP contribution is -2.33. The van der Waals surface area contributed by atoms with E-state index >= 15 is 0 Å². The van der Waals surface area contributed by atoms with Crippen molar-refractivity contribution in [3.05, 3.63) is 12.2 Å². The first-order valence-corrected chi connectivity index (χ1v) is 5.18. The van der Waals surface area contributed by atoms with Crippen LogP contribution >= 0.6 is 0 Å². The van der Waals surface area contributed by atoms with E-state index in [4.69, 9.17) is 9.84 Å². The first-order chi connectivity index (χ1) is 7.06. The van der Waals surface area contributed by atoms with Crippen molar-refractivity contribution in [3.63, 3.8) is 0 Å². The fourth-order valence-electron chi connectivity index (χ4n) is 1.77. The molecule has 2 atom stereocenters. The SMILES string of the molecule is C=C(C(=O)O)[C@@H]1CC[C@H](CCC)OC1=O. The van der Waals surface area contributed by atoms with Crippen LogP contribution in [0.15, 0.2) is 12.2 Å². The summed E-state index contributed by atoms with van der Waals surface area (Å²) < 4.78 is 5.15. The zero-order chi connectivity index (χ0) is 11.4. The van der Waals surface area contributed by atoms with E-state index in [2.05, 4.69) is 6.58 Å². The highest BCUT2D eigenvalue weighted by molar-refractivity contribution is 5.93. The van der Waals surface area contributed by atoms with Crippen LogP contribution in [-0.2, 0) is 14.3 Å². The Morgan fingerprint density at radius 3 is 2.73 bits per heavy atom. The van der Waals surface area contributed by atoms with Gasteiger partial charge in [-0.3, -0.25) is 4.79 Å². The molecule has 1 heterocycles. The second-order valence-electron chi connectivity index (χ2n) is 3.81. The summed E-state index contributed by atoms with van der Waals surface area (Å²) >= 11 is 0. The smallest absolute Gasteiger partial charge is 0.331 e. The second kappa shape index (κ2) is 4.96. The van der Waals surface area contributed by atoms with Crippen LogP contribution < -0.4 is 0 Å². The average Bonchev–Trinajstić information content (AvgIpc) is 2.17. The number of hydrogen-bond donors (Lipinski definition) is 1. The van der Waals surface area contributed by atoms with Crippen molar-refractivity contribution in [2.45, 2.75) is 38.7 Å². The van der Waals surface area contributed by atoms with Crippen LogP contribution in [0, 0.1) is 5.92 Å². The van der Waals surface area contributed by atoms with Gasteiger partial charge in [0.15, 0.2) is 0 Å². The summed E-state index contributed by atoms with van der Waals surface area (Å²) in [4.78, 5) is 22.1. The molecule has 0 bridgehead atoms. The number of carboxylic acid groups (broad SMARTS) is 1. The van der Waals surface area contributed by atoms with Gasteiger partial charge in [-0.05, 0) is 19.3 Å². The average molecular weight is 212 g/mol. The molecule has 84 valence electrons. The first kappa shape index (κ1) is 11.8. The lowest BCUT2D eigenvalue weighted by molar-refractivity contribution is -0.160. The lowest BCUT2D eigenvalue weighted by atomic mass is 9.90. The molecular formula is C11H16O4. The monoisotopic (exact) mass is 212 g/mol. The molecule has 1 rings (SSSR count). The lowest BCUT2D eigenvalue weighted by Gasteiger charge is -2.27. The highest BCUT2D eigenvalue weighted by atomic mass is 16.5. The third-order valence-corrected chi connectivity index (χ3v) is 2.65.